The van der Waals surface area contributed by atoms with Gasteiger partial charge in [-0.15, -0.1) is 0 Å². The summed E-state index contributed by atoms with van der Waals surface area (Å²) in [6.45, 7) is 1.56. The van der Waals surface area contributed by atoms with Crippen molar-refractivity contribution in [3.8, 4) is 0 Å². The van der Waals surface area contributed by atoms with Crippen LogP contribution in [0, 0.1) is 0 Å². The Morgan fingerprint density at radius 3 is 2.91 bits per heavy atom. The first-order valence-corrected chi connectivity index (χ1v) is 7.69. The highest BCUT2D eigenvalue weighted by Gasteiger charge is 2.36. The second-order valence-electron chi connectivity index (χ2n) is 6.21. The molecule has 0 saturated heterocycles. The van der Waals surface area contributed by atoms with Gasteiger partial charge in [-0.3, -0.25) is 9.69 Å². The molecule has 2 heterocycles. The molecule has 2 unspecified atom stereocenters. The van der Waals surface area contributed by atoms with Crippen molar-refractivity contribution in [3.63, 3.8) is 0 Å². The fourth-order valence-electron chi connectivity index (χ4n) is 3.68. The molecular formula is C17H19N3O2. The summed E-state index contributed by atoms with van der Waals surface area (Å²) in [5.41, 5.74) is 4.20. The van der Waals surface area contributed by atoms with Gasteiger partial charge in [0.25, 0.3) is 5.56 Å². The van der Waals surface area contributed by atoms with E-state index in [-0.39, 0.29) is 11.6 Å². The third-order valence-electron chi connectivity index (χ3n) is 4.90. The molecule has 0 amide bonds. The summed E-state index contributed by atoms with van der Waals surface area (Å²) in [4.78, 5) is 14.1. The number of aliphatic hydroxyl groups excluding tert-OH is 1. The molecule has 2 aliphatic rings. The summed E-state index contributed by atoms with van der Waals surface area (Å²) in [6, 6.07) is 9.87. The van der Waals surface area contributed by atoms with Gasteiger partial charge < -0.3 is 5.11 Å². The van der Waals surface area contributed by atoms with Crippen molar-refractivity contribution in [2.75, 3.05) is 6.54 Å². The van der Waals surface area contributed by atoms with Crippen molar-refractivity contribution >= 4 is 0 Å². The molecule has 0 radical (unpaired) electrons. The van der Waals surface area contributed by atoms with Crippen molar-refractivity contribution in [1.29, 1.82) is 0 Å². The highest BCUT2D eigenvalue weighted by molar-refractivity contribution is 5.36. The standard InChI is InChI=1S/C17H19N3O2/c1-19-16(21)9-12-10-20(7-6-14(12)18-19)15-8-11-4-2-3-5-13(11)17(15)22/h2-5,9,15,17,22H,6-8,10H2,1H3. The van der Waals surface area contributed by atoms with Crippen LogP contribution in [0.2, 0.25) is 0 Å². The molecule has 1 aliphatic carbocycles. The Kier molecular flexibility index (Phi) is 3.13. The predicted octanol–water partition coefficient (Wildman–Crippen LogP) is 0.797. The number of aliphatic hydroxyl groups is 1. The van der Waals surface area contributed by atoms with E-state index in [4.69, 9.17) is 0 Å². The van der Waals surface area contributed by atoms with E-state index >= 15 is 0 Å². The molecule has 1 aliphatic heterocycles. The van der Waals surface area contributed by atoms with Gasteiger partial charge in [-0.2, -0.15) is 5.10 Å². The number of hydrogen-bond acceptors (Lipinski definition) is 4. The van der Waals surface area contributed by atoms with Crippen molar-refractivity contribution < 1.29 is 5.11 Å². The number of rotatable bonds is 1. The molecule has 114 valence electrons. The number of benzene rings is 1. The quantitative estimate of drug-likeness (QED) is 0.846. The van der Waals surface area contributed by atoms with Gasteiger partial charge in [-0.1, -0.05) is 24.3 Å². The highest BCUT2D eigenvalue weighted by atomic mass is 16.3. The lowest BCUT2D eigenvalue weighted by Crippen LogP contribution is -2.42. The van der Waals surface area contributed by atoms with E-state index in [0.29, 0.717) is 6.54 Å². The van der Waals surface area contributed by atoms with Crippen LogP contribution in [0.25, 0.3) is 0 Å². The normalized spacial score (nSPS) is 24.1. The van der Waals surface area contributed by atoms with E-state index in [1.54, 1.807) is 13.1 Å². The van der Waals surface area contributed by atoms with Crippen molar-refractivity contribution in [1.82, 2.24) is 14.7 Å². The second kappa shape index (κ2) is 5.04. The molecule has 0 spiro atoms. The summed E-state index contributed by atoms with van der Waals surface area (Å²) in [5.74, 6) is 0. The van der Waals surface area contributed by atoms with Gasteiger partial charge in [-0.25, -0.2) is 4.68 Å². The number of hydrogen-bond donors (Lipinski definition) is 1. The van der Waals surface area contributed by atoms with Gasteiger partial charge in [0.05, 0.1) is 11.8 Å². The topological polar surface area (TPSA) is 58.4 Å². The minimum Gasteiger partial charge on any atom is -0.387 e. The van der Waals surface area contributed by atoms with Crippen molar-refractivity contribution in [2.24, 2.45) is 7.05 Å². The molecule has 0 bridgehead atoms. The molecule has 22 heavy (non-hydrogen) atoms. The van der Waals surface area contributed by atoms with E-state index in [2.05, 4.69) is 16.1 Å². The summed E-state index contributed by atoms with van der Waals surface area (Å²) < 4.78 is 1.40. The number of fused-ring (bicyclic) bond motifs is 2. The van der Waals surface area contributed by atoms with Gasteiger partial charge in [-0.05, 0) is 23.1 Å². The van der Waals surface area contributed by atoms with E-state index in [9.17, 15) is 9.90 Å². The predicted molar refractivity (Wildman–Crippen MR) is 82.5 cm³/mol. The van der Waals surface area contributed by atoms with Crippen LogP contribution < -0.4 is 5.56 Å². The van der Waals surface area contributed by atoms with Crippen LogP contribution in [-0.4, -0.2) is 32.4 Å². The summed E-state index contributed by atoms with van der Waals surface area (Å²) >= 11 is 0. The first-order chi connectivity index (χ1) is 10.6. The SMILES string of the molecule is Cn1nc2c(cc1=O)CN(C1Cc3ccccc3C1O)CC2. The molecule has 2 aromatic rings. The van der Waals surface area contributed by atoms with Crippen LogP contribution in [0.15, 0.2) is 35.1 Å². The summed E-state index contributed by atoms with van der Waals surface area (Å²) in [7, 11) is 1.69. The molecule has 1 aromatic heterocycles. The summed E-state index contributed by atoms with van der Waals surface area (Å²) in [5, 5.41) is 15.0. The van der Waals surface area contributed by atoms with Gasteiger partial charge in [0.1, 0.15) is 0 Å². The average molecular weight is 297 g/mol. The number of nitrogens with zero attached hydrogens (tertiary/aromatic N) is 3. The zero-order chi connectivity index (χ0) is 15.3. The van der Waals surface area contributed by atoms with Crippen molar-refractivity contribution in [2.45, 2.75) is 31.5 Å². The Hall–Kier alpha value is -1.98. The molecule has 0 fully saturated rings. The van der Waals surface area contributed by atoms with Gasteiger partial charge in [0, 0.05) is 38.7 Å². The maximum absolute atomic E-state index is 11.8. The van der Waals surface area contributed by atoms with Crippen LogP contribution in [0.3, 0.4) is 0 Å². The third kappa shape index (κ3) is 2.09. The molecular weight excluding hydrogens is 278 g/mol. The first kappa shape index (κ1) is 13.7. The highest BCUT2D eigenvalue weighted by Crippen LogP contribution is 2.35. The van der Waals surface area contributed by atoms with Gasteiger partial charge in [0.15, 0.2) is 0 Å². The van der Waals surface area contributed by atoms with Crippen LogP contribution >= 0.6 is 0 Å². The Morgan fingerprint density at radius 1 is 1.27 bits per heavy atom. The zero-order valence-corrected chi connectivity index (χ0v) is 12.6. The molecule has 1 N–H and O–H groups in total. The molecule has 5 heteroatoms. The monoisotopic (exact) mass is 297 g/mol. The maximum atomic E-state index is 11.8. The Balaban J connectivity index is 1.61. The van der Waals surface area contributed by atoms with E-state index in [1.807, 2.05) is 18.2 Å². The van der Waals surface area contributed by atoms with E-state index in [0.717, 1.165) is 36.2 Å². The molecule has 4 rings (SSSR count). The molecule has 0 saturated carbocycles. The van der Waals surface area contributed by atoms with E-state index < -0.39 is 6.10 Å². The Morgan fingerprint density at radius 2 is 2.09 bits per heavy atom. The minimum absolute atomic E-state index is 0.0733. The van der Waals surface area contributed by atoms with E-state index in [1.165, 1.54) is 10.2 Å². The molecule has 5 nitrogen and oxygen atoms in total. The van der Waals surface area contributed by atoms with Crippen molar-refractivity contribution in [3.05, 3.63) is 63.1 Å². The number of aromatic nitrogens is 2. The lowest BCUT2D eigenvalue weighted by Gasteiger charge is -2.34. The first-order valence-electron chi connectivity index (χ1n) is 7.69. The number of aryl methyl sites for hydroxylation is 1. The largest absolute Gasteiger partial charge is 0.387 e. The fourth-order valence-corrected chi connectivity index (χ4v) is 3.68. The molecule has 1 aromatic carbocycles. The maximum Gasteiger partial charge on any atom is 0.266 e. The van der Waals surface area contributed by atoms with Gasteiger partial charge in [0.2, 0.25) is 0 Å². The second-order valence-corrected chi connectivity index (χ2v) is 6.21. The van der Waals surface area contributed by atoms with Crippen LogP contribution in [-0.2, 0) is 26.4 Å². The lowest BCUT2D eigenvalue weighted by atomic mass is 10.0. The fraction of sp³-hybridized carbons (Fsp3) is 0.412. The molecule has 2 atom stereocenters. The zero-order valence-electron chi connectivity index (χ0n) is 12.6. The van der Waals surface area contributed by atoms with Gasteiger partial charge >= 0.3 is 0 Å². The smallest absolute Gasteiger partial charge is 0.266 e. The van der Waals surface area contributed by atoms with Crippen LogP contribution in [0.5, 0.6) is 0 Å². The average Bonchev–Trinajstić information content (AvgIpc) is 2.86. The van der Waals surface area contributed by atoms with Crippen LogP contribution in [0.1, 0.15) is 28.5 Å². The third-order valence-corrected chi connectivity index (χ3v) is 4.90. The minimum atomic E-state index is -0.447. The summed E-state index contributed by atoms with van der Waals surface area (Å²) in [6.07, 6.45) is 1.24. The van der Waals surface area contributed by atoms with Crippen LogP contribution in [0.4, 0.5) is 0 Å². The Bertz CT molecular complexity index is 784. The lowest BCUT2D eigenvalue weighted by molar-refractivity contribution is 0.0519. The Labute approximate surface area is 128 Å².